The molecule has 1 aliphatic rings. The van der Waals surface area contributed by atoms with E-state index in [1.54, 1.807) is 30.2 Å². The van der Waals surface area contributed by atoms with Crippen molar-refractivity contribution >= 4 is 29.0 Å². The van der Waals surface area contributed by atoms with Crippen molar-refractivity contribution in [1.29, 1.82) is 0 Å². The van der Waals surface area contributed by atoms with E-state index >= 15 is 0 Å². The number of nitrogens with zero attached hydrogens (tertiary/aromatic N) is 5. The first-order chi connectivity index (χ1) is 19.5. The lowest BCUT2D eigenvalue weighted by molar-refractivity contribution is -0.131. The Bertz CT molecular complexity index is 1430. The molecule has 40 heavy (non-hydrogen) atoms. The van der Waals surface area contributed by atoms with Gasteiger partial charge in [-0.05, 0) is 59.8 Å². The van der Waals surface area contributed by atoms with Gasteiger partial charge < -0.3 is 19.4 Å². The van der Waals surface area contributed by atoms with Crippen molar-refractivity contribution in [3.8, 4) is 17.0 Å². The Balaban J connectivity index is 1.23. The van der Waals surface area contributed by atoms with E-state index in [0.29, 0.717) is 24.5 Å². The summed E-state index contributed by atoms with van der Waals surface area (Å²) < 4.78 is 18.7. The van der Waals surface area contributed by atoms with Gasteiger partial charge in [-0.25, -0.2) is 4.39 Å². The number of halogens is 1. The molecule has 0 bridgehead atoms. The molecule has 0 N–H and O–H groups in total. The lowest BCUT2D eigenvalue weighted by atomic mass is 10.1. The quantitative estimate of drug-likeness (QED) is 0.311. The van der Waals surface area contributed by atoms with Gasteiger partial charge in [0.05, 0.1) is 17.7 Å². The molecule has 2 aromatic carbocycles. The van der Waals surface area contributed by atoms with E-state index in [2.05, 4.69) is 15.1 Å². The lowest BCUT2D eigenvalue weighted by Gasteiger charge is -2.27. The molecular formula is C30H30FN5O3S. The predicted molar refractivity (Wildman–Crippen MR) is 153 cm³/mol. The second-order valence-electron chi connectivity index (χ2n) is 9.50. The zero-order chi connectivity index (χ0) is 27.9. The van der Waals surface area contributed by atoms with Crippen LogP contribution in [0.25, 0.3) is 11.3 Å². The Morgan fingerprint density at radius 3 is 2.55 bits per heavy atom. The third-order valence-electron chi connectivity index (χ3n) is 6.82. The minimum Gasteiger partial charge on any atom is -0.497 e. The van der Waals surface area contributed by atoms with E-state index in [9.17, 15) is 14.0 Å². The van der Waals surface area contributed by atoms with Crippen molar-refractivity contribution in [3.63, 3.8) is 0 Å². The molecule has 1 aliphatic heterocycles. The highest BCUT2D eigenvalue weighted by Crippen LogP contribution is 2.23. The van der Waals surface area contributed by atoms with Crippen LogP contribution in [0.1, 0.15) is 21.7 Å². The van der Waals surface area contributed by atoms with Gasteiger partial charge in [-0.2, -0.15) is 0 Å². The summed E-state index contributed by atoms with van der Waals surface area (Å²) in [4.78, 5) is 32.7. The average molecular weight is 560 g/mol. The van der Waals surface area contributed by atoms with E-state index in [1.165, 1.54) is 28.4 Å². The molecule has 0 spiro atoms. The number of hydrogen-bond acceptors (Lipinski definition) is 7. The number of thiophene rings is 1. The number of carbonyl (C=O) groups excluding carboxylic acids is 2. The summed E-state index contributed by atoms with van der Waals surface area (Å²) in [6.45, 7) is 2.61. The number of hydrogen-bond donors (Lipinski definition) is 0. The van der Waals surface area contributed by atoms with Crippen molar-refractivity contribution in [1.82, 2.24) is 20.0 Å². The van der Waals surface area contributed by atoms with E-state index in [-0.39, 0.29) is 30.7 Å². The van der Waals surface area contributed by atoms with Gasteiger partial charge in [0.2, 0.25) is 5.91 Å². The highest BCUT2D eigenvalue weighted by atomic mass is 32.1. The Hall–Kier alpha value is -4.31. The van der Waals surface area contributed by atoms with Crippen LogP contribution in [0.15, 0.2) is 78.2 Å². The molecule has 10 heteroatoms. The minimum absolute atomic E-state index is 0.0524. The highest BCUT2D eigenvalue weighted by molar-refractivity contribution is 7.12. The van der Waals surface area contributed by atoms with Crippen molar-refractivity contribution in [2.75, 3.05) is 44.7 Å². The fraction of sp³-hybridized carbons (Fsp3) is 0.267. The maximum Gasteiger partial charge on any atom is 0.264 e. The van der Waals surface area contributed by atoms with E-state index in [0.717, 1.165) is 41.4 Å². The SMILES string of the molecule is COc1cccc(-c2ccc(N3CCCN(C(=O)CN(Cc4ccc(F)cc4)C(=O)c4cccs4)CC3)nn2)c1. The molecule has 0 aliphatic carbocycles. The van der Waals surface area contributed by atoms with E-state index < -0.39 is 0 Å². The first-order valence-corrected chi connectivity index (χ1v) is 14.0. The molecule has 206 valence electrons. The van der Waals surface area contributed by atoms with Crippen molar-refractivity contribution in [2.45, 2.75) is 13.0 Å². The van der Waals surface area contributed by atoms with Crippen molar-refractivity contribution in [2.24, 2.45) is 0 Å². The topological polar surface area (TPSA) is 78.9 Å². The second-order valence-corrected chi connectivity index (χ2v) is 10.4. The minimum atomic E-state index is -0.343. The zero-order valence-corrected chi connectivity index (χ0v) is 23.0. The first kappa shape index (κ1) is 27.3. The number of benzene rings is 2. The van der Waals surface area contributed by atoms with Gasteiger partial charge in [0.25, 0.3) is 5.91 Å². The maximum atomic E-state index is 13.4. The van der Waals surface area contributed by atoms with Crippen LogP contribution in [0.4, 0.5) is 10.2 Å². The van der Waals surface area contributed by atoms with Gasteiger partial charge in [-0.1, -0.05) is 30.3 Å². The Kier molecular flexibility index (Phi) is 8.65. The molecule has 0 atom stereocenters. The third-order valence-corrected chi connectivity index (χ3v) is 7.68. The van der Waals surface area contributed by atoms with E-state index in [4.69, 9.17) is 4.74 Å². The van der Waals surface area contributed by atoms with Crippen LogP contribution in [-0.4, -0.2) is 71.6 Å². The molecule has 2 amide bonds. The van der Waals surface area contributed by atoms with Crippen LogP contribution < -0.4 is 9.64 Å². The third kappa shape index (κ3) is 6.63. The molecule has 0 saturated carbocycles. The van der Waals surface area contributed by atoms with Crippen LogP contribution in [0.5, 0.6) is 5.75 Å². The van der Waals surface area contributed by atoms with Gasteiger partial charge in [0.1, 0.15) is 18.1 Å². The summed E-state index contributed by atoms with van der Waals surface area (Å²) in [5, 5.41) is 10.7. The lowest BCUT2D eigenvalue weighted by Crippen LogP contribution is -2.43. The van der Waals surface area contributed by atoms with Crippen LogP contribution in [0.2, 0.25) is 0 Å². The molecule has 4 aromatic rings. The standard InChI is InChI=1S/C30H30FN5O3S/c1-39-25-6-2-5-23(19-25)26-12-13-28(33-32-26)34-14-4-15-35(17-16-34)29(37)21-36(30(38)27-7-3-18-40-27)20-22-8-10-24(31)11-9-22/h2-3,5-13,18-19H,4,14-17,20-21H2,1H3. The summed E-state index contributed by atoms with van der Waals surface area (Å²) >= 11 is 1.34. The fourth-order valence-electron chi connectivity index (χ4n) is 4.66. The summed E-state index contributed by atoms with van der Waals surface area (Å²) in [6, 6.07) is 21.1. The van der Waals surface area contributed by atoms with Gasteiger partial charge >= 0.3 is 0 Å². The Labute approximate surface area is 236 Å². The molecule has 0 unspecified atom stereocenters. The molecule has 8 nitrogen and oxygen atoms in total. The number of amides is 2. The monoisotopic (exact) mass is 559 g/mol. The predicted octanol–water partition coefficient (Wildman–Crippen LogP) is 4.73. The number of carbonyl (C=O) groups is 2. The largest absolute Gasteiger partial charge is 0.497 e. The smallest absolute Gasteiger partial charge is 0.264 e. The number of rotatable bonds is 8. The molecule has 0 radical (unpaired) electrons. The fourth-order valence-corrected chi connectivity index (χ4v) is 5.35. The van der Waals surface area contributed by atoms with Gasteiger partial charge in [-0.3, -0.25) is 9.59 Å². The first-order valence-electron chi connectivity index (χ1n) is 13.1. The highest BCUT2D eigenvalue weighted by Gasteiger charge is 2.25. The van der Waals surface area contributed by atoms with Crippen LogP contribution in [0, 0.1) is 5.82 Å². The molecular weight excluding hydrogens is 529 g/mol. The van der Waals surface area contributed by atoms with E-state index in [1.807, 2.05) is 47.8 Å². The van der Waals surface area contributed by atoms with Crippen LogP contribution in [-0.2, 0) is 11.3 Å². The molecule has 3 heterocycles. The Morgan fingerprint density at radius 1 is 0.975 bits per heavy atom. The number of anilines is 1. The molecule has 1 fully saturated rings. The number of aromatic nitrogens is 2. The molecule has 2 aromatic heterocycles. The Morgan fingerprint density at radius 2 is 1.82 bits per heavy atom. The van der Waals surface area contributed by atoms with Crippen LogP contribution >= 0.6 is 11.3 Å². The van der Waals surface area contributed by atoms with Crippen molar-refractivity contribution < 1.29 is 18.7 Å². The summed E-state index contributed by atoms with van der Waals surface area (Å²) in [7, 11) is 1.63. The van der Waals surface area contributed by atoms with Gasteiger partial charge in [-0.15, -0.1) is 21.5 Å². The molecule has 5 rings (SSSR count). The second kappa shape index (κ2) is 12.7. The number of ether oxygens (including phenoxy) is 1. The summed E-state index contributed by atoms with van der Waals surface area (Å²) in [6.07, 6.45) is 0.766. The normalized spacial score (nSPS) is 13.6. The summed E-state index contributed by atoms with van der Waals surface area (Å²) in [5.74, 6) is 0.842. The van der Waals surface area contributed by atoms with Crippen LogP contribution in [0.3, 0.4) is 0 Å². The van der Waals surface area contributed by atoms with Crippen molar-refractivity contribution in [3.05, 3.63) is 94.4 Å². The van der Waals surface area contributed by atoms with Gasteiger partial charge in [0.15, 0.2) is 5.82 Å². The maximum absolute atomic E-state index is 13.4. The van der Waals surface area contributed by atoms with Gasteiger partial charge in [0, 0.05) is 38.3 Å². The summed E-state index contributed by atoms with van der Waals surface area (Å²) in [5.41, 5.74) is 2.44. The number of methoxy groups -OCH3 is 1. The average Bonchev–Trinajstić information content (AvgIpc) is 3.42. The zero-order valence-electron chi connectivity index (χ0n) is 22.2. The molecule has 1 saturated heterocycles.